The predicted molar refractivity (Wildman–Crippen MR) is 83.1 cm³/mol. The van der Waals surface area contributed by atoms with Crippen LogP contribution in [0.2, 0.25) is 0 Å². The third-order valence-corrected chi connectivity index (χ3v) is 3.56. The van der Waals surface area contributed by atoms with Crippen molar-refractivity contribution in [2.24, 2.45) is 11.7 Å². The monoisotopic (exact) mass is 269 g/mol. The van der Waals surface area contributed by atoms with Crippen LogP contribution in [0.25, 0.3) is 0 Å². The molecule has 0 saturated carbocycles. The van der Waals surface area contributed by atoms with Crippen molar-refractivity contribution in [3.63, 3.8) is 0 Å². The number of pyridine rings is 1. The quantitative estimate of drug-likeness (QED) is 0.877. The van der Waals surface area contributed by atoms with E-state index in [-0.39, 0.29) is 6.04 Å². The Hall–Kier alpha value is -1.71. The summed E-state index contributed by atoms with van der Waals surface area (Å²) in [5.41, 5.74) is 8.63. The van der Waals surface area contributed by atoms with E-state index in [2.05, 4.69) is 42.1 Å². The molecule has 3 heteroatoms. The molecule has 0 spiro atoms. The predicted octanol–water partition coefficient (Wildman–Crippen LogP) is 2.85. The standard InChI is InChI=1S/C17H23N3/c1-14(17(18)15-8-4-3-5-9-15)12-20(2)13-16-10-6-7-11-19-16/h3-11,14,17H,12-13,18H2,1-2H3. The largest absolute Gasteiger partial charge is 0.324 e. The van der Waals surface area contributed by atoms with E-state index in [1.165, 1.54) is 5.56 Å². The maximum atomic E-state index is 6.34. The summed E-state index contributed by atoms with van der Waals surface area (Å²) >= 11 is 0. The van der Waals surface area contributed by atoms with Gasteiger partial charge >= 0.3 is 0 Å². The maximum absolute atomic E-state index is 6.34. The Labute approximate surface area is 121 Å². The van der Waals surface area contributed by atoms with Gasteiger partial charge in [0.2, 0.25) is 0 Å². The van der Waals surface area contributed by atoms with Crippen LogP contribution in [0.5, 0.6) is 0 Å². The minimum Gasteiger partial charge on any atom is -0.324 e. The van der Waals surface area contributed by atoms with Crippen LogP contribution >= 0.6 is 0 Å². The van der Waals surface area contributed by atoms with Gasteiger partial charge in [0.25, 0.3) is 0 Å². The fraction of sp³-hybridized carbons (Fsp3) is 0.353. The number of rotatable bonds is 6. The minimum absolute atomic E-state index is 0.0717. The summed E-state index contributed by atoms with van der Waals surface area (Å²) in [7, 11) is 2.11. The van der Waals surface area contributed by atoms with Crippen LogP contribution < -0.4 is 5.73 Å². The smallest absolute Gasteiger partial charge is 0.0543 e. The average Bonchev–Trinajstić information content (AvgIpc) is 2.48. The lowest BCUT2D eigenvalue weighted by molar-refractivity contribution is 0.255. The molecule has 106 valence electrons. The number of nitrogens with two attached hydrogens (primary N) is 1. The lowest BCUT2D eigenvalue weighted by Gasteiger charge is -2.25. The SMILES string of the molecule is CC(CN(C)Cc1ccccn1)C(N)c1ccccc1. The Kier molecular flexibility index (Phi) is 5.27. The van der Waals surface area contributed by atoms with Crippen LogP contribution in [0.3, 0.4) is 0 Å². The number of benzene rings is 1. The first-order valence-corrected chi connectivity index (χ1v) is 7.06. The summed E-state index contributed by atoms with van der Waals surface area (Å²) in [6.45, 7) is 4.01. The maximum Gasteiger partial charge on any atom is 0.0543 e. The van der Waals surface area contributed by atoms with Gasteiger partial charge in [-0.15, -0.1) is 0 Å². The molecule has 0 aliphatic carbocycles. The molecule has 0 saturated heterocycles. The summed E-state index contributed by atoms with van der Waals surface area (Å²) in [6, 6.07) is 16.4. The van der Waals surface area contributed by atoms with Gasteiger partial charge in [0.05, 0.1) is 5.69 Å². The van der Waals surface area contributed by atoms with E-state index in [0.29, 0.717) is 5.92 Å². The Balaban J connectivity index is 1.89. The summed E-state index contributed by atoms with van der Waals surface area (Å²) < 4.78 is 0. The zero-order valence-corrected chi connectivity index (χ0v) is 12.2. The van der Waals surface area contributed by atoms with E-state index in [4.69, 9.17) is 5.73 Å². The number of nitrogens with zero attached hydrogens (tertiary/aromatic N) is 2. The van der Waals surface area contributed by atoms with Crippen molar-refractivity contribution in [3.05, 3.63) is 66.0 Å². The summed E-state index contributed by atoms with van der Waals surface area (Å²) in [6.07, 6.45) is 1.84. The lowest BCUT2D eigenvalue weighted by atomic mass is 9.95. The fourth-order valence-electron chi connectivity index (χ4n) is 2.44. The molecule has 2 rings (SSSR count). The van der Waals surface area contributed by atoms with Gasteiger partial charge in [0, 0.05) is 25.3 Å². The molecule has 3 nitrogen and oxygen atoms in total. The van der Waals surface area contributed by atoms with Crippen LogP contribution in [-0.4, -0.2) is 23.5 Å². The van der Waals surface area contributed by atoms with Gasteiger partial charge in [0.1, 0.15) is 0 Å². The van der Waals surface area contributed by atoms with Gasteiger partial charge in [-0.3, -0.25) is 4.98 Å². The van der Waals surface area contributed by atoms with E-state index in [9.17, 15) is 0 Å². The second-order valence-corrected chi connectivity index (χ2v) is 5.43. The Morgan fingerprint density at radius 3 is 2.45 bits per heavy atom. The number of aromatic nitrogens is 1. The van der Waals surface area contributed by atoms with Crippen LogP contribution in [0.4, 0.5) is 0 Å². The molecule has 2 unspecified atom stereocenters. The molecule has 0 bridgehead atoms. The molecule has 20 heavy (non-hydrogen) atoms. The third kappa shape index (κ3) is 4.15. The first-order valence-electron chi connectivity index (χ1n) is 7.06. The molecule has 0 aliphatic heterocycles. The van der Waals surface area contributed by atoms with Gasteiger partial charge < -0.3 is 10.6 Å². The van der Waals surface area contributed by atoms with Crippen molar-refractivity contribution in [3.8, 4) is 0 Å². The first-order chi connectivity index (χ1) is 9.66. The molecule has 0 amide bonds. The molecule has 2 atom stereocenters. The van der Waals surface area contributed by atoms with Crippen LogP contribution in [0, 0.1) is 5.92 Å². The zero-order chi connectivity index (χ0) is 14.4. The van der Waals surface area contributed by atoms with Crippen LogP contribution in [0.15, 0.2) is 54.7 Å². The fourth-order valence-corrected chi connectivity index (χ4v) is 2.44. The van der Waals surface area contributed by atoms with E-state index in [0.717, 1.165) is 18.8 Å². The Bertz CT molecular complexity index is 498. The molecule has 1 heterocycles. The first kappa shape index (κ1) is 14.7. The molecule has 1 aromatic heterocycles. The van der Waals surface area contributed by atoms with Crippen molar-refractivity contribution < 1.29 is 0 Å². The summed E-state index contributed by atoms with van der Waals surface area (Å²) in [4.78, 5) is 6.63. The average molecular weight is 269 g/mol. The lowest BCUT2D eigenvalue weighted by Crippen LogP contribution is -2.31. The topological polar surface area (TPSA) is 42.2 Å². The molecular weight excluding hydrogens is 246 g/mol. The van der Waals surface area contributed by atoms with Gasteiger partial charge in [-0.1, -0.05) is 43.3 Å². The van der Waals surface area contributed by atoms with Crippen molar-refractivity contribution >= 4 is 0 Å². The van der Waals surface area contributed by atoms with Crippen molar-refractivity contribution in [1.82, 2.24) is 9.88 Å². The highest BCUT2D eigenvalue weighted by Crippen LogP contribution is 2.19. The zero-order valence-electron chi connectivity index (χ0n) is 12.2. The molecule has 1 aromatic carbocycles. The third-order valence-electron chi connectivity index (χ3n) is 3.56. The van der Waals surface area contributed by atoms with E-state index in [1.54, 1.807) is 0 Å². The van der Waals surface area contributed by atoms with Crippen LogP contribution in [-0.2, 0) is 6.54 Å². The normalized spacial score (nSPS) is 14.2. The molecule has 2 aromatic rings. The second-order valence-electron chi connectivity index (χ2n) is 5.43. The summed E-state index contributed by atoms with van der Waals surface area (Å²) in [5, 5.41) is 0. The van der Waals surface area contributed by atoms with Crippen LogP contribution in [0.1, 0.15) is 24.2 Å². The van der Waals surface area contributed by atoms with Gasteiger partial charge in [-0.2, -0.15) is 0 Å². The highest BCUT2D eigenvalue weighted by atomic mass is 15.1. The summed E-state index contributed by atoms with van der Waals surface area (Å²) in [5.74, 6) is 0.395. The number of hydrogen-bond donors (Lipinski definition) is 1. The molecule has 2 N–H and O–H groups in total. The van der Waals surface area contributed by atoms with Crippen molar-refractivity contribution in [2.45, 2.75) is 19.5 Å². The van der Waals surface area contributed by atoms with Gasteiger partial charge in [-0.05, 0) is 30.7 Å². The Morgan fingerprint density at radius 2 is 1.80 bits per heavy atom. The van der Waals surface area contributed by atoms with Crippen molar-refractivity contribution in [2.75, 3.05) is 13.6 Å². The molecular formula is C17H23N3. The number of hydrogen-bond acceptors (Lipinski definition) is 3. The Morgan fingerprint density at radius 1 is 1.10 bits per heavy atom. The minimum atomic E-state index is 0.0717. The second kappa shape index (κ2) is 7.17. The van der Waals surface area contributed by atoms with E-state index in [1.807, 2.05) is 36.5 Å². The van der Waals surface area contributed by atoms with Crippen molar-refractivity contribution in [1.29, 1.82) is 0 Å². The molecule has 0 fully saturated rings. The highest BCUT2D eigenvalue weighted by Gasteiger charge is 2.16. The van der Waals surface area contributed by atoms with Gasteiger partial charge in [0.15, 0.2) is 0 Å². The highest BCUT2D eigenvalue weighted by molar-refractivity contribution is 5.19. The van der Waals surface area contributed by atoms with E-state index < -0.39 is 0 Å². The van der Waals surface area contributed by atoms with Gasteiger partial charge in [-0.25, -0.2) is 0 Å². The molecule has 0 aliphatic rings. The molecule has 0 radical (unpaired) electrons. The van der Waals surface area contributed by atoms with E-state index >= 15 is 0 Å².